The summed E-state index contributed by atoms with van der Waals surface area (Å²) < 4.78 is 7.82. The molecule has 8 heteroatoms. The second-order valence-corrected chi connectivity index (χ2v) is 6.55. The van der Waals surface area contributed by atoms with Crippen molar-refractivity contribution >= 4 is 16.9 Å². The molecule has 0 bridgehead atoms. The fourth-order valence-corrected chi connectivity index (χ4v) is 3.49. The summed E-state index contributed by atoms with van der Waals surface area (Å²) in [5.41, 5.74) is 2.28. The van der Waals surface area contributed by atoms with E-state index in [1.807, 2.05) is 36.0 Å². The topological polar surface area (TPSA) is 88.1 Å². The number of morpholine rings is 1. The Kier molecular flexibility index (Phi) is 4.44. The number of ether oxygens (including phenoxy) is 1. The van der Waals surface area contributed by atoms with Gasteiger partial charge in [0, 0.05) is 37.9 Å². The highest BCUT2D eigenvalue weighted by atomic mass is 16.5. The van der Waals surface area contributed by atoms with Crippen LogP contribution in [0.2, 0.25) is 0 Å². The Hall–Kier alpha value is -2.71. The summed E-state index contributed by atoms with van der Waals surface area (Å²) in [6.07, 6.45) is 3.34. The van der Waals surface area contributed by atoms with E-state index in [2.05, 4.69) is 32.3 Å². The van der Waals surface area contributed by atoms with Gasteiger partial charge in [-0.2, -0.15) is 5.10 Å². The van der Waals surface area contributed by atoms with Gasteiger partial charge in [0.25, 0.3) is 5.91 Å². The van der Waals surface area contributed by atoms with E-state index >= 15 is 0 Å². The molecule has 1 amide bonds. The van der Waals surface area contributed by atoms with Crippen LogP contribution in [-0.4, -0.2) is 63.4 Å². The number of carbonyl (C=O) groups is 1. The van der Waals surface area contributed by atoms with Crippen LogP contribution >= 0.6 is 0 Å². The standard InChI is InChI=1S/C18H22N6O2/c1-23-8-9-26-15(16(23)14-5-7-21-24(14)2)11-20-18(25)13-10-12-4-3-6-19-17(12)22-13/h3-7,10,15-16H,8-9,11H2,1-2H3,(H,19,22)(H,20,25)/t15-,16-/m0/s1. The molecular weight excluding hydrogens is 332 g/mol. The second-order valence-electron chi connectivity index (χ2n) is 6.55. The third kappa shape index (κ3) is 3.09. The number of pyridine rings is 1. The first-order chi connectivity index (χ1) is 12.6. The van der Waals surface area contributed by atoms with E-state index in [0.29, 0.717) is 24.5 Å². The van der Waals surface area contributed by atoms with Crippen LogP contribution in [0.25, 0.3) is 11.0 Å². The number of amides is 1. The minimum absolute atomic E-state index is 0.0425. The molecule has 1 aliphatic heterocycles. The first-order valence-corrected chi connectivity index (χ1v) is 8.65. The number of aromatic nitrogens is 4. The predicted molar refractivity (Wildman–Crippen MR) is 96.7 cm³/mol. The molecule has 1 saturated heterocycles. The van der Waals surface area contributed by atoms with Crippen LogP contribution in [0.4, 0.5) is 0 Å². The third-order valence-corrected chi connectivity index (χ3v) is 4.87. The highest BCUT2D eigenvalue weighted by molar-refractivity contribution is 5.97. The van der Waals surface area contributed by atoms with Crippen molar-refractivity contribution in [2.45, 2.75) is 12.1 Å². The normalized spacial score (nSPS) is 21.2. The SMILES string of the molecule is CN1CCO[C@@H](CNC(=O)c2cc3cccnc3[nH]2)[C@@H]1c1ccnn1C. The van der Waals surface area contributed by atoms with E-state index in [9.17, 15) is 4.79 Å². The van der Waals surface area contributed by atoms with Crippen LogP contribution < -0.4 is 5.32 Å². The van der Waals surface area contributed by atoms with Crippen molar-refractivity contribution < 1.29 is 9.53 Å². The zero-order valence-electron chi connectivity index (χ0n) is 14.8. The number of nitrogens with zero attached hydrogens (tertiary/aromatic N) is 4. The number of hydrogen-bond acceptors (Lipinski definition) is 5. The Bertz CT molecular complexity index is 884. The third-order valence-electron chi connectivity index (χ3n) is 4.87. The largest absolute Gasteiger partial charge is 0.373 e. The van der Waals surface area contributed by atoms with Gasteiger partial charge in [-0.05, 0) is 31.3 Å². The van der Waals surface area contributed by atoms with E-state index in [1.165, 1.54) is 0 Å². The Morgan fingerprint density at radius 2 is 2.27 bits per heavy atom. The summed E-state index contributed by atoms with van der Waals surface area (Å²) in [5.74, 6) is -0.163. The highest BCUT2D eigenvalue weighted by Gasteiger charge is 2.33. The summed E-state index contributed by atoms with van der Waals surface area (Å²) in [6, 6.07) is 7.62. The summed E-state index contributed by atoms with van der Waals surface area (Å²) >= 11 is 0. The highest BCUT2D eigenvalue weighted by Crippen LogP contribution is 2.27. The lowest BCUT2D eigenvalue weighted by molar-refractivity contribution is -0.0629. The summed E-state index contributed by atoms with van der Waals surface area (Å²) in [6.45, 7) is 1.90. The molecule has 4 heterocycles. The molecule has 26 heavy (non-hydrogen) atoms. The molecule has 2 N–H and O–H groups in total. The molecule has 2 atom stereocenters. The number of aryl methyl sites for hydroxylation is 1. The smallest absolute Gasteiger partial charge is 0.267 e. The summed E-state index contributed by atoms with van der Waals surface area (Å²) in [4.78, 5) is 22.1. The number of hydrogen-bond donors (Lipinski definition) is 2. The molecular formula is C18H22N6O2. The summed E-state index contributed by atoms with van der Waals surface area (Å²) in [7, 11) is 3.99. The minimum Gasteiger partial charge on any atom is -0.373 e. The van der Waals surface area contributed by atoms with Crippen LogP contribution in [0, 0.1) is 0 Å². The molecule has 1 fully saturated rings. The van der Waals surface area contributed by atoms with Crippen molar-refractivity contribution in [2.75, 3.05) is 26.7 Å². The van der Waals surface area contributed by atoms with E-state index in [4.69, 9.17) is 4.74 Å². The van der Waals surface area contributed by atoms with E-state index in [-0.39, 0.29) is 18.1 Å². The number of nitrogens with one attached hydrogen (secondary N) is 2. The van der Waals surface area contributed by atoms with Crippen molar-refractivity contribution in [1.82, 2.24) is 30.0 Å². The second kappa shape index (κ2) is 6.89. The van der Waals surface area contributed by atoms with Gasteiger partial charge in [0.2, 0.25) is 0 Å². The lowest BCUT2D eigenvalue weighted by Crippen LogP contribution is -2.48. The molecule has 4 rings (SSSR count). The monoisotopic (exact) mass is 354 g/mol. The van der Waals surface area contributed by atoms with E-state index < -0.39 is 0 Å². The van der Waals surface area contributed by atoms with Gasteiger partial charge in [-0.25, -0.2) is 4.98 Å². The molecule has 0 unspecified atom stereocenters. The Balaban J connectivity index is 1.48. The average molecular weight is 354 g/mol. The van der Waals surface area contributed by atoms with Crippen molar-refractivity contribution in [3.63, 3.8) is 0 Å². The fraction of sp³-hybridized carbons (Fsp3) is 0.389. The molecule has 3 aromatic rings. The molecule has 136 valence electrons. The van der Waals surface area contributed by atoms with Gasteiger partial charge in [0.05, 0.1) is 24.4 Å². The molecule has 8 nitrogen and oxygen atoms in total. The van der Waals surface area contributed by atoms with Crippen molar-refractivity contribution in [3.05, 3.63) is 48.0 Å². The van der Waals surface area contributed by atoms with Gasteiger partial charge >= 0.3 is 0 Å². The zero-order valence-corrected chi connectivity index (χ0v) is 14.8. The molecule has 3 aromatic heterocycles. The maximum Gasteiger partial charge on any atom is 0.267 e. The molecule has 0 aromatic carbocycles. The van der Waals surface area contributed by atoms with Gasteiger partial charge in [0.15, 0.2) is 0 Å². The van der Waals surface area contributed by atoms with Gasteiger partial charge in [0.1, 0.15) is 11.3 Å². The van der Waals surface area contributed by atoms with E-state index in [1.54, 1.807) is 12.4 Å². The lowest BCUT2D eigenvalue weighted by Gasteiger charge is -2.39. The number of rotatable bonds is 4. The number of H-pyrrole nitrogens is 1. The minimum atomic E-state index is -0.163. The van der Waals surface area contributed by atoms with Crippen LogP contribution in [0.5, 0.6) is 0 Å². The van der Waals surface area contributed by atoms with Crippen LogP contribution in [0.15, 0.2) is 36.7 Å². The molecule has 0 spiro atoms. The van der Waals surface area contributed by atoms with Crippen molar-refractivity contribution in [3.8, 4) is 0 Å². The molecule has 0 aliphatic carbocycles. The molecule has 0 radical (unpaired) electrons. The van der Waals surface area contributed by atoms with Gasteiger partial charge in [-0.1, -0.05) is 0 Å². The first kappa shape index (κ1) is 16.7. The van der Waals surface area contributed by atoms with Gasteiger partial charge in [-0.15, -0.1) is 0 Å². The molecule has 0 saturated carbocycles. The first-order valence-electron chi connectivity index (χ1n) is 8.65. The maximum atomic E-state index is 12.5. The summed E-state index contributed by atoms with van der Waals surface area (Å²) in [5, 5.41) is 8.16. The van der Waals surface area contributed by atoms with Crippen molar-refractivity contribution in [1.29, 1.82) is 0 Å². The van der Waals surface area contributed by atoms with Gasteiger partial charge in [-0.3, -0.25) is 14.4 Å². The Morgan fingerprint density at radius 3 is 3.04 bits per heavy atom. The van der Waals surface area contributed by atoms with E-state index in [0.717, 1.165) is 17.6 Å². The van der Waals surface area contributed by atoms with Crippen molar-refractivity contribution in [2.24, 2.45) is 7.05 Å². The van der Waals surface area contributed by atoms with Crippen LogP contribution in [0.3, 0.4) is 0 Å². The van der Waals surface area contributed by atoms with Gasteiger partial charge < -0.3 is 15.0 Å². The number of likely N-dealkylation sites (N-methyl/N-ethyl adjacent to an activating group) is 1. The van der Waals surface area contributed by atoms with Crippen LogP contribution in [-0.2, 0) is 11.8 Å². The Morgan fingerprint density at radius 1 is 1.38 bits per heavy atom. The Labute approximate surface area is 151 Å². The average Bonchev–Trinajstić information content (AvgIpc) is 3.26. The zero-order chi connectivity index (χ0) is 18.1. The number of aromatic amines is 1. The quantitative estimate of drug-likeness (QED) is 0.732. The van der Waals surface area contributed by atoms with Crippen LogP contribution in [0.1, 0.15) is 22.2 Å². The fourth-order valence-electron chi connectivity index (χ4n) is 3.49. The maximum absolute atomic E-state index is 12.5. The predicted octanol–water partition coefficient (Wildman–Crippen LogP) is 1.10. The molecule has 1 aliphatic rings. The lowest BCUT2D eigenvalue weighted by atomic mass is 10.0. The number of carbonyl (C=O) groups excluding carboxylic acids is 1. The number of fused-ring (bicyclic) bond motifs is 1.